The summed E-state index contributed by atoms with van der Waals surface area (Å²) in [5, 5.41) is 20.4. The van der Waals surface area contributed by atoms with Crippen molar-refractivity contribution in [2.75, 3.05) is 20.8 Å². The van der Waals surface area contributed by atoms with Crippen molar-refractivity contribution in [3.8, 4) is 29.1 Å². The van der Waals surface area contributed by atoms with Gasteiger partial charge in [0.05, 0.1) is 26.2 Å². The molecule has 7 nitrogen and oxygen atoms in total. The van der Waals surface area contributed by atoms with E-state index in [-0.39, 0.29) is 5.92 Å². The molecule has 0 fully saturated rings. The topological polar surface area (TPSA) is 98.0 Å². The Morgan fingerprint density at radius 2 is 1.83 bits per heavy atom. The SMILES string of the molecule is CCC(CC)C(C#N)(CCCC(Cc1ccc(OC)c(OC)c1)C(=O)O)C1COc2ccccc2O1. The average Bonchev–Trinajstić information content (AvgIpc) is 2.91. The number of carboxylic acids is 1. The molecule has 2 aromatic carbocycles. The van der Waals surface area contributed by atoms with Gasteiger partial charge in [0, 0.05) is 0 Å². The largest absolute Gasteiger partial charge is 0.493 e. The van der Waals surface area contributed by atoms with Crippen LogP contribution in [0.15, 0.2) is 42.5 Å². The molecule has 1 aliphatic heterocycles. The van der Waals surface area contributed by atoms with Gasteiger partial charge in [0.1, 0.15) is 12.0 Å². The quantitative estimate of drug-likeness (QED) is 0.369. The molecule has 0 saturated heterocycles. The van der Waals surface area contributed by atoms with Crippen LogP contribution in [-0.4, -0.2) is 38.0 Å². The Hall–Kier alpha value is -3.40. The smallest absolute Gasteiger partial charge is 0.306 e. The summed E-state index contributed by atoms with van der Waals surface area (Å²) in [6.07, 6.45) is 3.21. The predicted molar refractivity (Wildman–Crippen MR) is 137 cm³/mol. The Bertz CT molecular complexity index is 1060. The van der Waals surface area contributed by atoms with Gasteiger partial charge in [0.25, 0.3) is 0 Å². The molecule has 0 aliphatic carbocycles. The Kier molecular flexibility index (Phi) is 9.46. The molecule has 1 N–H and O–H groups in total. The number of fused-ring (bicyclic) bond motifs is 1. The van der Waals surface area contributed by atoms with Gasteiger partial charge in [-0.3, -0.25) is 4.79 Å². The monoisotopic (exact) mass is 495 g/mol. The van der Waals surface area contributed by atoms with Gasteiger partial charge in [-0.05, 0) is 55.0 Å². The van der Waals surface area contributed by atoms with E-state index in [4.69, 9.17) is 18.9 Å². The first-order valence-corrected chi connectivity index (χ1v) is 12.7. The first-order valence-electron chi connectivity index (χ1n) is 12.7. The minimum atomic E-state index is -0.846. The van der Waals surface area contributed by atoms with Crippen LogP contribution in [-0.2, 0) is 11.2 Å². The van der Waals surface area contributed by atoms with Gasteiger partial charge in [-0.1, -0.05) is 51.3 Å². The number of benzene rings is 2. The second kappa shape index (κ2) is 12.5. The number of hydrogen-bond donors (Lipinski definition) is 1. The van der Waals surface area contributed by atoms with Crippen LogP contribution in [0.5, 0.6) is 23.0 Å². The number of nitriles is 1. The van der Waals surface area contributed by atoms with E-state index < -0.39 is 23.4 Å². The van der Waals surface area contributed by atoms with Gasteiger partial charge in [0.15, 0.2) is 29.1 Å². The van der Waals surface area contributed by atoms with Crippen molar-refractivity contribution in [1.82, 2.24) is 0 Å². The minimum absolute atomic E-state index is 0.107. The van der Waals surface area contributed by atoms with Gasteiger partial charge in [-0.15, -0.1) is 0 Å². The van der Waals surface area contributed by atoms with Crippen molar-refractivity contribution >= 4 is 5.97 Å². The fourth-order valence-electron chi connectivity index (χ4n) is 5.38. The zero-order chi connectivity index (χ0) is 26.1. The van der Waals surface area contributed by atoms with Crippen molar-refractivity contribution in [3.05, 3.63) is 48.0 Å². The number of ether oxygens (including phenoxy) is 4. The zero-order valence-electron chi connectivity index (χ0n) is 21.7. The van der Waals surface area contributed by atoms with E-state index in [9.17, 15) is 15.2 Å². The molecule has 3 rings (SSSR count). The van der Waals surface area contributed by atoms with E-state index in [1.807, 2.05) is 36.4 Å². The summed E-state index contributed by atoms with van der Waals surface area (Å²) in [5.41, 5.74) is 0.0934. The fourth-order valence-corrected chi connectivity index (χ4v) is 5.38. The van der Waals surface area contributed by atoms with E-state index >= 15 is 0 Å². The van der Waals surface area contributed by atoms with Gasteiger partial charge in [-0.25, -0.2) is 0 Å². The summed E-state index contributed by atoms with van der Waals surface area (Å²) in [7, 11) is 3.13. The van der Waals surface area contributed by atoms with Crippen molar-refractivity contribution in [2.45, 2.75) is 58.5 Å². The van der Waals surface area contributed by atoms with E-state index in [0.29, 0.717) is 55.3 Å². The molecule has 2 aromatic rings. The maximum atomic E-state index is 12.1. The van der Waals surface area contributed by atoms with E-state index in [2.05, 4.69) is 19.9 Å². The third-order valence-corrected chi connectivity index (χ3v) is 7.43. The molecule has 0 bridgehead atoms. The lowest BCUT2D eigenvalue weighted by Crippen LogP contribution is -2.48. The van der Waals surface area contributed by atoms with E-state index in [1.54, 1.807) is 20.3 Å². The molecule has 0 saturated carbocycles. The predicted octanol–water partition coefficient (Wildman–Crippen LogP) is 5.90. The number of carboxylic acid groups (broad SMARTS) is 1. The number of aliphatic carboxylic acids is 1. The van der Waals surface area contributed by atoms with Crippen LogP contribution >= 0.6 is 0 Å². The number of para-hydroxylation sites is 2. The molecule has 0 amide bonds. The Labute approximate surface area is 213 Å². The van der Waals surface area contributed by atoms with Crippen LogP contribution in [0.1, 0.15) is 51.5 Å². The Morgan fingerprint density at radius 1 is 1.14 bits per heavy atom. The number of methoxy groups -OCH3 is 2. The molecule has 7 heteroatoms. The van der Waals surface area contributed by atoms with Gasteiger partial charge >= 0.3 is 5.97 Å². The highest BCUT2D eigenvalue weighted by Gasteiger charge is 2.48. The molecule has 3 unspecified atom stereocenters. The number of hydrogen-bond acceptors (Lipinski definition) is 6. The maximum absolute atomic E-state index is 12.1. The lowest BCUT2D eigenvalue weighted by Gasteiger charge is -2.42. The maximum Gasteiger partial charge on any atom is 0.306 e. The average molecular weight is 496 g/mol. The molecule has 1 aliphatic rings. The van der Waals surface area contributed by atoms with Crippen LogP contribution < -0.4 is 18.9 Å². The molecule has 0 radical (unpaired) electrons. The third kappa shape index (κ3) is 5.87. The van der Waals surface area contributed by atoms with Gasteiger partial charge < -0.3 is 24.1 Å². The van der Waals surface area contributed by atoms with Crippen molar-refractivity contribution < 1.29 is 28.8 Å². The van der Waals surface area contributed by atoms with Gasteiger partial charge in [0.2, 0.25) is 0 Å². The highest BCUT2D eigenvalue weighted by molar-refractivity contribution is 5.70. The van der Waals surface area contributed by atoms with E-state index in [0.717, 1.165) is 18.4 Å². The molecule has 36 heavy (non-hydrogen) atoms. The normalized spacial score (nSPS) is 17.1. The molecule has 0 spiro atoms. The summed E-state index contributed by atoms with van der Waals surface area (Å²) < 4.78 is 23.0. The molecular weight excluding hydrogens is 458 g/mol. The number of rotatable bonds is 13. The molecule has 194 valence electrons. The summed E-state index contributed by atoms with van der Waals surface area (Å²) >= 11 is 0. The van der Waals surface area contributed by atoms with Crippen molar-refractivity contribution in [3.63, 3.8) is 0 Å². The van der Waals surface area contributed by atoms with E-state index in [1.165, 1.54) is 0 Å². The summed E-state index contributed by atoms with van der Waals surface area (Å²) in [5.74, 6) is 1.20. The third-order valence-electron chi connectivity index (χ3n) is 7.43. The second-order valence-electron chi connectivity index (χ2n) is 9.35. The second-order valence-corrected chi connectivity index (χ2v) is 9.35. The van der Waals surface area contributed by atoms with Crippen molar-refractivity contribution in [2.24, 2.45) is 17.3 Å². The highest BCUT2D eigenvalue weighted by Crippen LogP contribution is 2.45. The summed E-state index contributed by atoms with van der Waals surface area (Å²) in [6, 6.07) is 15.6. The van der Waals surface area contributed by atoms with Crippen LogP contribution in [0.3, 0.4) is 0 Å². The van der Waals surface area contributed by atoms with Crippen LogP contribution in [0.25, 0.3) is 0 Å². The van der Waals surface area contributed by atoms with Crippen molar-refractivity contribution in [1.29, 1.82) is 5.26 Å². The standard InChI is InChI=1S/C29H37NO6/c1-5-22(6-2)29(19-30,27-18-35-24-11-7-8-12-25(24)36-27)15-9-10-21(28(31)32)16-20-13-14-23(33-3)26(17-20)34-4/h7-8,11-14,17,21-22,27H,5-6,9-10,15-16,18H2,1-4H3,(H,31,32). The number of carbonyl (C=O) groups is 1. The zero-order valence-corrected chi connectivity index (χ0v) is 21.7. The lowest BCUT2D eigenvalue weighted by atomic mass is 9.66. The van der Waals surface area contributed by atoms with Crippen LogP contribution in [0.2, 0.25) is 0 Å². The minimum Gasteiger partial charge on any atom is -0.493 e. The van der Waals surface area contributed by atoms with Crippen LogP contribution in [0, 0.1) is 28.6 Å². The number of nitrogens with zero attached hydrogens (tertiary/aromatic N) is 1. The van der Waals surface area contributed by atoms with Crippen LogP contribution in [0.4, 0.5) is 0 Å². The Morgan fingerprint density at radius 3 is 2.44 bits per heavy atom. The lowest BCUT2D eigenvalue weighted by molar-refractivity contribution is -0.142. The summed E-state index contributed by atoms with van der Waals surface area (Å²) in [6.45, 7) is 4.49. The first kappa shape index (κ1) is 27.2. The molecule has 3 atom stereocenters. The first-order chi connectivity index (χ1) is 17.4. The highest BCUT2D eigenvalue weighted by atomic mass is 16.6. The van der Waals surface area contributed by atoms with Gasteiger partial charge in [-0.2, -0.15) is 5.26 Å². The fraction of sp³-hybridized carbons (Fsp3) is 0.517. The Balaban J connectivity index is 1.76. The summed E-state index contributed by atoms with van der Waals surface area (Å²) in [4.78, 5) is 12.1. The molecule has 1 heterocycles. The molecule has 0 aromatic heterocycles. The molecular formula is C29H37NO6.